The van der Waals surface area contributed by atoms with Crippen molar-refractivity contribution in [3.05, 3.63) is 23.0 Å². The smallest absolute Gasteiger partial charge is 0.335 e. The maximum atomic E-state index is 12.7. The maximum Gasteiger partial charge on any atom is 0.335 e. The second kappa shape index (κ2) is 6.98. The Morgan fingerprint density at radius 1 is 1.08 bits per heavy atom. The molecular weight excluding hydrogens is 336 g/mol. The molecule has 6 heteroatoms. The van der Waals surface area contributed by atoms with E-state index in [2.05, 4.69) is 33.5 Å². The molecule has 140 valence electrons. The third-order valence-corrected chi connectivity index (χ3v) is 5.46. The summed E-state index contributed by atoms with van der Waals surface area (Å²) in [5, 5.41) is 0. The topological polar surface area (TPSA) is 61.8 Å². The lowest BCUT2D eigenvalue weighted by Crippen LogP contribution is -2.45. The first-order chi connectivity index (χ1) is 11.5. The van der Waals surface area contributed by atoms with E-state index in [-0.39, 0.29) is 30.5 Å². The van der Waals surface area contributed by atoms with Gasteiger partial charge in [-0.2, -0.15) is 0 Å². The van der Waals surface area contributed by atoms with Gasteiger partial charge in [-0.05, 0) is 51.4 Å². The van der Waals surface area contributed by atoms with E-state index < -0.39 is 20.3 Å². The van der Waals surface area contributed by atoms with Crippen molar-refractivity contribution in [1.29, 1.82) is 0 Å². The van der Waals surface area contributed by atoms with Crippen molar-refractivity contribution in [1.82, 2.24) is 0 Å². The van der Waals surface area contributed by atoms with Gasteiger partial charge < -0.3 is 13.9 Å². The number of carbonyl (C=O) groups is 2. The summed E-state index contributed by atoms with van der Waals surface area (Å²) >= 11 is 0. The van der Waals surface area contributed by atoms with Gasteiger partial charge in [-0.25, -0.2) is 9.59 Å². The first-order valence-electron chi connectivity index (χ1n) is 9.00. The summed E-state index contributed by atoms with van der Waals surface area (Å²) in [4.78, 5) is 25.3. The lowest BCUT2D eigenvalue weighted by atomic mass is 9.58. The van der Waals surface area contributed by atoms with Crippen molar-refractivity contribution < 1.29 is 23.5 Å². The number of hydrogen-bond acceptors (Lipinski definition) is 5. The third-order valence-electron chi connectivity index (χ3n) is 4.61. The van der Waals surface area contributed by atoms with E-state index in [1.54, 1.807) is 13.8 Å². The van der Waals surface area contributed by atoms with Crippen LogP contribution in [0.25, 0.3) is 0 Å². The van der Waals surface area contributed by atoms with Gasteiger partial charge in [0.25, 0.3) is 0 Å². The summed E-state index contributed by atoms with van der Waals surface area (Å²) < 4.78 is 16.8. The molecule has 0 N–H and O–H groups in total. The molecule has 5 nitrogen and oxygen atoms in total. The van der Waals surface area contributed by atoms with Gasteiger partial charge in [-0.1, -0.05) is 13.8 Å². The number of allylic oxidation sites excluding steroid dienone is 2. The zero-order chi connectivity index (χ0) is 19.0. The molecule has 0 spiro atoms. The number of hydrogen-bond donors (Lipinski definition) is 0. The van der Waals surface area contributed by atoms with Gasteiger partial charge in [0.2, 0.25) is 8.32 Å². The largest absolute Gasteiger partial charge is 0.547 e. The van der Waals surface area contributed by atoms with Crippen LogP contribution in [0.15, 0.2) is 23.0 Å². The Kier molecular flexibility index (Phi) is 5.52. The Labute approximate surface area is 151 Å². The number of fused-ring (bicyclic) bond motifs is 1. The van der Waals surface area contributed by atoms with Crippen LogP contribution < -0.4 is 0 Å². The molecule has 0 aromatic rings. The second-order valence-corrected chi connectivity index (χ2v) is 12.7. The maximum absolute atomic E-state index is 12.7. The van der Waals surface area contributed by atoms with Crippen molar-refractivity contribution in [3.63, 3.8) is 0 Å². The molecule has 0 aromatic carbocycles. The fourth-order valence-corrected chi connectivity index (χ4v) is 4.62. The molecule has 2 bridgehead atoms. The van der Waals surface area contributed by atoms with E-state index in [0.717, 1.165) is 12.2 Å². The van der Waals surface area contributed by atoms with Crippen molar-refractivity contribution in [3.8, 4) is 0 Å². The molecule has 0 aliphatic heterocycles. The molecule has 25 heavy (non-hydrogen) atoms. The molecule has 0 aromatic heterocycles. The first-order valence-corrected chi connectivity index (χ1v) is 12.4. The van der Waals surface area contributed by atoms with Crippen LogP contribution in [0.5, 0.6) is 0 Å². The second-order valence-electron chi connectivity index (χ2n) is 8.27. The van der Waals surface area contributed by atoms with E-state index >= 15 is 0 Å². The lowest BCUT2D eigenvalue weighted by Gasteiger charge is -2.48. The standard InChI is InChI=1S/C19H30O5Si/c1-8-22-17(20)15-12-11-19(3,4)13(16(15)18(21)23-9-2)10-14(12)24-25(5,6)7/h10,12-13H,8-9,11H2,1-7H3. The molecule has 0 fully saturated rings. The van der Waals surface area contributed by atoms with E-state index in [1.807, 2.05) is 6.08 Å². The molecule has 2 atom stereocenters. The molecule has 2 unspecified atom stereocenters. The average Bonchev–Trinajstić information content (AvgIpc) is 2.45. The lowest BCUT2D eigenvalue weighted by molar-refractivity contribution is -0.144. The molecule has 0 saturated heterocycles. The summed E-state index contributed by atoms with van der Waals surface area (Å²) in [6, 6.07) is 0. The average molecular weight is 367 g/mol. The van der Waals surface area contributed by atoms with Crippen molar-refractivity contribution in [2.75, 3.05) is 13.2 Å². The normalized spacial score (nSPS) is 24.7. The van der Waals surface area contributed by atoms with Gasteiger partial charge >= 0.3 is 11.9 Å². The zero-order valence-corrected chi connectivity index (χ0v) is 17.4. The summed E-state index contributed by atoms with van der Waals surface area (Å²) in [6.45, 7) is 14.7. The van der Waals surface area contributed by atoms with Gasteiger partial charge in [0.05, 0.1) is 30.1 Å². The summed E-state index contributed by atoms with van der Waals surface area (Å²) in [5.74, 6) is -0.482. The van der Waals surface area contributed by atoms with E-state index in [1.165, 1.54) is 0 Å². The highest BCUT2D eigenvalue weighted by molar-refractivity contribution is 6.70. The minimum atomic E-state index is -1.83. The number of ether oxygens (including phenoxy) is 2. The summed E-state index contributed by atoms with van der Waals surface area (Å²) in [6.07, 6.45) is 2.78. The van der Waals surface area contributed by atoms with Crippen molar-refractivity contribution >= 4 is 20.3 Å². The monoisotopic (exact) mass is 366 g/mol. The molecule has 0 radical (unpaired) electrons. The minimum absolute atomic E-state index is 0.144. The first kappa shape index (κ1) is 19.8. The van der Waals surface area contributed by atoms with E-state index in [4.69, 9.17) is 13.9 Å². The summed E-state index contributed by atoms with van der Waals surface area (Å²) in [5.41, 5.74) is 0.736. The Balaban J connectivity index is 2.56. The fourth-order valence-electron chi connectivity index (χ4n) is 3.70. The van der Waals surface area contributed by atoms with Crippen LogP contribution >= 0.6 is 0 Å². The Bertz CT molecular complexity index is 624. The third kappa shape index (κ3) is 3.99. The highest BCUT2D eigenvalue weighted by atomic mass is 28.4. The summed E-state index contributed by atoms with van der Waals surface area (Å²) in [7, 11) is -1.83. The van der Waals surface area contributed by atoms with Crippen LogP contribution in [0.3, 0.4) is 0 Å². The van der Waals surface area contributed by atoms with Gasteiger partial charge in [-0.3, -0.25) is 0 Å². The minimum Gasteiger partial charge on any atom is -0.547 e. The number of rotatable bonds is 6. The Morgan fingerprint density at radius 2 is 1.60 bits per heavy atom. The van der Waals surface area contributed by atoms with E-state index in [9.17, 15) is 9.59 Å². The van der Waals surface area contributed by atoms with Crippen LogP contribution in [0.2, 0.25) is 19.6 Å². The Morgan fingerprint density at radius 3 is 2.08 bits per heavy atom. The SMILES string of the molecule is CCOC(=O)C1=C(C(=O)OCC)C2C=C(O[Si](C)(C)C)C1CC2(C)C. The number of esters is 2. The molecule has 3 aliphatic carbocycles. The van der Waals surface area contributed by atoms with Crippen LogP contribution in [-0.4, -0.2) is 33.5 Å². The van der Waals surface area contributed by atoms with Gasteiger partial charge in [0, 0.05) is 11.8 Å². The van der Waals surface area contributed by atoms with Gasteiger partial charge in [-0.15, -0.1) is 0 Å². The zero-order valence-electron chi connectivity index (χ0n) is 16.4. The van der Waals surface area contributed by atoms with Crippen molar-refractivity contribution in [2.45, 2.75) is 53.8 Å². The van der Waals surface area contributed by atoms with Gasteiger partial charge in [0.1, 0.15) is 0 Å². The molecule has 3 aliphatic rings. The fraction of sp³-hybridized carbons (Fsp3) is 0.684. The predicted octanol–water partition coefficient (Wildman–Crippen LogP) is 3.82. The molecule has 0 amide bonds. The molecular formula is C19H30O5Si. The van der Waals surface area contributed by atoms with Gasteiger partial charge in [0.15, 0.2) is 0 Å². The quantitative estimate of drug-likeness (QED) is 0.528. The van der Waals surface area contributed by atoms with Crippen LogP contribution in [-0.2, 0) is 23.5 Å². The highest BCUT2D eigenvalue weighted by Crippen LogP contribution is 2.55. The van der Waals surface area contributed by atoms with Crippen molar-refractivity contribution in [2.24, 2.45) is 17.3 Å². The highest BCUT2D eigenvalue weighted by Gasteiger charge is 2.52. The van der Waals surface area contributed by atoms with Crippen LogP contribution in [0.1, 0.15) is 34.1 Å². The molecule has 3 rings (SSSR count). The number of carbonyl (C=O) groups excluding carboxylic acids is 2. The van der Waals surface area contributed by atoms with E-state index in [0.29, 0.717) is 11.1 Å². The van der Waals surface area contributed by atoms with Crippen LogP contribution in [0.4, 0.5) is 0 Å². The van der Waals surface area contributed by atoms with Crippen LogP contribution in [0, 0.1) is 17.3 Å². The predicted molar refractivity (Wildman–Crippen MR) is 98.2 cm³/mol. The molecule has 0 saturated carbocycles. The Hall–Kier alpha value is -1.56. The molecule has 0 heterocycles.